The first-order chi connectivity index (χ1) is 11.7. The second-order valence-electron chi connectivity index (χ2n) is 8.75. The standard InChI is InChI=1S/C19H28BNO4/c1-17(2)18(3,4)25-20(24-17)14-7-5-13(6-8-14)19(22)9-15-11-23-12-16(10-19)21-15/h5-8,15-16,21-22H,9-12H2,1-4H3. The van der Waals surface area contributed by atoms with E-state index in [-0.39, 0.29) is 30.4 Å². The van der Waals surface area contributed by atoms with Crippen molar-refractivity contribution in [2.75, 3.05) is 13.2 Å². The topological polar surface area (TPSA) is 60.0 Å². The average Bonchev–Trinajstić information content (AvgIpc) is 2.75. The van der Waals surface area contributed by atoms with E-state index < -0.39 is 5.60 Å². The van der Waals surface area contributed by atoms with Gasteiger partial charge in [-0.3, -0.25) is 0 Å². The second-order valence-corrected chi connectivity index (χ2v) is 8.75. The highest BCUT2D eigenvalue weighted by Gasteiger charge is 2.51. The first kappa shape index (κ1) is 17.5. The van der Waals surface area contributed by atoms with Gasteiger partial charge in [-0.2, -0.15) is 0 Å². The van der Waals surface area contributed by atoms with Crippen LogP contribution in [0, 0.1) is 0 Å². The van der Waals surface area contributed by atoms with E-state index in [1.54, 1.807) is 0 Å². The number of morpholine rings is 1. The van der Waals surface area contributed by atoms with Gasteiger partial charge in [0.25, 0.3) is 0 Å². The molecule has 5 nitrogen and oxygen atoms in total. The number of aliphatic hydroxyl groups is 1. The van der Waals surface area contributed by atoms with E-state index in [9.17, 15) is 5.11 Å². The third-order valence-electron chi connectivity index (χ3n) is 6.25. The number of nitrogens with one attached hydrogen (secondary N) is 1. The lowest BCUT2D eigenvalue weighted by atomic mass is 9.75. The molecule has 0 aromatic heterocycles. The zero-order valence-electron chi connectivity index (χ0n) is 15.5. The molecule has 0 radical (unpaired) electrons. The Hall–Kier alpha value is -0.915. The summed E-state index contributed by atoms with van der Waals surface area (Å²) >= 11 is 0. The smallest absolute Gasteiger partial charge is 0.399 e. The molecular weight excluding hydrogens is 317 g/mol. The van der Waals surface area contributed by atoms with Crippen molar-refractivity contribution in [2.45, 2.75) is 69.4 Å². The maximum Gasteiger partial charge on any atom is 0.494 e. The van der Waals surface area contributed by atoms with Crippen LogP contribution in [-0.2, 0) is 19.6 Å². The predicted molar refractivity (Wildman–Crippen MR) is 96.8 cm³/mol. The first-order valence-corrected chi connectivity index (χ1v) is 9.21. The van der Waals surface area contributed by atoms with Crippen molar-refractivity contribution in [3.8, 4) is 0 Å². The minimum atomic E-state index is -0.793. The third kappa shape index (κ3) is 3.04. The Morgan fingerprint density at radius 1 is 0.960 bits per heavy atom. The van der Waals surface area contributed by atoms with Crippen LogP contribution in [0.3, 0.4) is 0 Å². The molecule has 2 unspecified atom stereocenters. The Morgan fingerprint density at radius 3 is 2.00 bits per heavy atom. The second kappa shape index (κ2) is 5.79. The lowest BCUT2D eigenvalue weighted by Crippen LogP contribution is -2.58. The Morgan fingerprint density at radius 2 is 1.48 bits per heavy atom. The highest BCUT2D eigenvalue weighted by atomic mass is 16.7. The summed E-state index contributed by atoms with van der Waals surface area (Å²) in [6.45, 7) is 9.56. The third-order valence-corrected chi connectivity index (χ3v) is 6.25. The first-order valence-electron chi connectivity index (χ1n) is 9.21. The molecule has 3 aliphatic heterocycles. The maximum absolute atomic E-state index is 11.2. The van der Waals surface area contributed by atoms with Gasteiger partial charge in [0, 0.05) is 12.1 Å². The van der Waals surface area contributed by atoms with Gasteiger partial charge >= 0.3 is 7.12 Å². The molecule has 6 heteroatoms. The summed E-state index contributed by atoms with van der Waals surface area (Å²) in [6.07, 6.45) is 1.36. The molecule has 3 fully saturated rings. The summed E-state index contributed by atoms with van der Waals surface area (Å²) in [5.41, 5.74) is 0.468. The van der Waals surface area contributed by atoms with Gasteiger partial charge in [0.15, 0.2) is 0 Å². The van der Waals surface area contributed by atoms with E-state index in [1.165, 1.54) is 0 Å². The molecule has 3 aliphatic rings. The van der Waals surface area contributed by atoms with Gasteiger partial charge in [-0.15, -0.1) is 0 Å². The van der Waals surface area contributed by atoms with E-state index in [0.717, 1.165) is 11.0 Å². The van der Waals surface area contributed by atoms with Crippen molar-refractivity contribution in [1.29, 1.82) is 0 Å². The number of fused-ring (bicyclic) bond motifs is 2. The minimum absolute atomic E-state index is 0.222. The van der Waals surface area contributed by atoms with E-state index in [2.05, 4.69) is 33.0 Å². The van der Waals surface area contributed by atoms with Crippen molar-refractivity contribution in [2.24, 2.45) is 0 Å². The van der Waals surface area contributed by atoms with E-state index in [0.29, 0.717) is 26.1 Å². The number of benzene rings is 1. The largest absolute Gasteiger partial charge is 0.494 e. The Kier molecular flexibility index (Phi) is 4.05. The molecule has 0 amide bonds. The number of piperidine rings is 1. The van der Waals surface area contributed by atoms with Gasteiger partial charge in [0.05, 0.1) is 30.0 Å². The van der Waals surface area contributed by atoms with Gasteiger partial charge in [0.1, 0.15) is 0 Å². The summed E-state index contributed by atoms with van der Waals surface area (Å²) < 4.78 is 17.8. The lowest BCUT2D eigenvalue weighted by molar-refractivity contribution is -0.0802. The average molecular weight is 345 g/mol. The van der Waals surface area contributed by atoms with Gasteiger partial charge in [0.2, 0.25) is 0 Å². The van der Waals surface area contributed by atoms with Gasteiger partial charge in [-0.25, -0.2) is 0 Å². The normalized spacial score (nSPS) is 36.4. The Balaban J connectivity index is 1.53. The molecule has 1 aromatic rings. The summed E-state index contributed by atoms with van der Waals surface area (Å²) in [7, 11) is -0.366. The molecule has 2 N–H and O–H groups in total. The summed E-state index contributed by atoms with van der Waals surface area (Å²) in [5, 5.41) is 14.7. The van der Waals surface area contributed by atoms with Crippen LogP contribution in [0.25, 0.3) is 0 Å². The minimum Gasteiger partial charge on any atom is -0.399 e. The Labute approximate surface area is 150 Å². The highest BCUT2D eigenvalue weighted by Crippen LogP contribution is 2.38. The van der Waals surface area contributed by atoms with Crippen molar-refractivity contribution < 1.29 is 19.2 Å². The number of hydrogen-bond donors (Lipinski definition) is 2. The summed E-state index contributed by atoms with van der Waals surface area (Å²) in [5.74, 6) is 0. The molecule has 0 saturated carbocycles. The summed E-state index contributed by atoms with van der Waals surface area (Å²) in [4.78, 5) is 0. The molecule has 0 aliphatic carbocycles. The predicted octanol–water partition coefficient (Wildman–Crippen LogP) is 1.32. The molecule has 136 valence electrons. The van der Waals surface area contributed by atoms with Crippen LogP contribution in [0.15, 0.2) is 24.3 Å². The molecule has 2 bridgehead atoms. The van der Waals surface area contributed by atoms with E-state index in [4.69, 9.17) is 14.0 Å². The van der Waals surface area contributed by atoms with Crippen LogP contribution < -0.4 is 10.8 Å². The quantitative estimate of drug-likeness (QED) is 0.792. The van der Waals surface area contributed by atoms with Crippen LogP contribution in [0.4, 0.5) is 0 Å². The van der Waals surface area contributed by atoms with E-state index in [1.807, 2.05) is 24.3 Å². The SMILES string of the molecule is CC1(C)OB(c2ccc(C3(O)CC4COCC(C3)N4)cc2)OC1(C)C. The molecule has 2 atom stereocenters. The maximum atomic E-state index is 11.2. The van der Waals surface area contributed by atoms with Crippen LogP contribution >= 0.6 is 0 Å². The molecule has 4 rings (SSSR count). The van der Waals surface area contributed by atoms with E-state index >= 15 is 0 Å². The van der Waals surface area contributed by atoms with Crippen LogP contribution in [0.2, 0.25) is 0 Å². The van der Waals surface area contributed by atoms with Crippen molar-refractivity contribution in [3.63, 3.8) is 0 Å². The molecule has 1 aromatic carbocycles. The highest BCUT2D eigenvalue weighted by molar-refractivity contribution is 6.62. The fraction of sp³-hybridized carbons (Fsp3) is 0.684. The lowest BCUT2D eigenvalue weighted by Gasteiger charge is -2.45. The van der Waals surface area contributed by atoms with Crippen LogP contribution in [-0.4, -0.2) is 48.7 Å². The molecule has 0 spiro atoms. The van der Waals surface area contributed by atoms with Crippen molar-refractivity contribution >= 4 is 12.6 Å². The zero-order valence-corrected chi connectivity index (χ0v) is 15.5. The summed E-state index contributed by atoms with van der Waals surface area (Å²) in [6, 6.07) is 8.51. The van der Waals surface area contributed by atoms with Gasteiger partial charge in [-0.1, -0.05) is 24.3 Å². The number of ether oxygens (including phenoxy) is 1. The monoisotopic (exact) mass is 345 g/mol. The van der Waals surface area contributed by atoms with Crippen LogP contribution in [0.1, 0.15) is 46.1 Å². The van der Waals surface area contributed by atoms with Crippen molar-refractivity contribution in [3.05, 3.63) is 29.8 Å². The molecular formula is C19H28BNO4. The fourth-order valence-corrected chi connectivity index (χ4v) is 4.08. The van der Waals surface area contributed by atoms with Gasteiger partial charge < -0.3 is 24.5 Å². The van der Waals surface area contributed by atoms with Gasteiger partial charge in [-0.05, 0) is 51.6 Å². The molecule has 25 heavy (non-hydrogen) atoms. The number of hydrogen-bond acceptors (Lipinski definition) is 5. The molecule has 3 saturated heterocycles. The number of rotatable bonds is 2. The van der Waals surface area contributed by atoms with Crippen LogP contribution in [0.5, 0.6) is 0 Å². The van der Waals surface area contributed by atoms with Crippen molar-refractivity contribution in [1.82, 2.24) is 5.32 Å². The fourth-order valence-electron chi connectivity index (χ4n) is 4.08. The zero-order chi connectivity index (χ0) is 17.9. The molecule has 3 heterocycles. The Bertz CT molecular complexity index is 617.